The van der Waals surface area contributed by atoms with Crippen LogP contribution in [0.1, 0.15) is 11.1 Å². The van der Waals surface area contributed by atoms with Crippen LogP contribution < -0.4 is 9.84 Å². The second-order valence-electron chi connectivity index (χ2n) is 5.57. The van der Waals surface area contributed by atoms with E-state index in [-0.39, 0.29) is 19.6 Å². The molecule has 0 spiro atoms. The summed E-state index contributed by atoms with van der Waals surface area (Å²) in [5.74, 6) is -1.16. The van der Waals surface area contributed by atoms with Crippen molar-refractivity contribution in [3.8, 4) is 5.75 Å². The monoisotopic (exact) mass is 344 g/mol. The number of nitrogens with zero attached hydrogens (tertiary/aromatic N) is 1. The summed E-state index contributed by atoms with van der Waals surface area (Å²) >= 11 is 5.80. The SMILES string of the molecule is O=C([O-])[C@@H]1Cc2ccccc2CN1C(=O)COc1ccc(Cl)cc1. The van der Waals surface area contributed by atoms with E-state index in [4.69, 9.17) is 16.3 Å². The van der Waals surface area contributed by atoms with Crippen LogP contribution in [-0.2, 0) is 22.6 Å². The number of amides is 1. The fourth-order valence-corrected chi connectivity index (χ4v) is 2.88. The molecule has 6 heteroatoms. The molecule has 5 nitrogen and oxygen atoms in total. The zero-order chi connectivity index (χ0) is 17.1. The summed E-state index contributed by atoms with van der Waals surface area (Å²) in [7, 11) is 0. The van der Waals surface area contributed by atoms with Crippen molar-refractivity contribution >= 4 is 23.5 Å². The molecule has 0 saturated heterocycles. The molecule has 0 fully saturated rings. The third-order valence-corrected chi connectivity index (χ3v) is 4.27. The highest BCUT2D eigenvalue weighted by Crippen LogP contribution is 2.23. The van der Waals surface area contributed by atoms with E-state index in [9.17, 15) is 14.7 Å². The van der Waals surface area contributed by atoms with Crippen molar-refractivity contribution in [1.29, 1.82) is 0 Å². The number of rotatable bonds is 4. The van der Waals surface area contributed by atoms with E-state index in [2.05, 4.69) is 0 Å². The topological polar surface area (TPSA) is 69.7 Å². The number of carboxylic acids is 1. The van der Waals surface area contributed by atoms with Crippen LogP contribution in [0.3, 0.4) is 0 Å². The molecule has 1 atom stereocenters. The van der Waals surface area contributed by atoms with Gasteiger partial charge < -0.3 is 19.5 Å². The molecule has 0 radical (unpaired) electrons. The van der Waals surface area contributed by atoms with E-state index < -0.39 is 17.9 Å². The third-order valence-electron chi connectivity index (χ3n) is 4.02. The van der Waals surface area contributed by atoms with Gasteiger partial charge in [-0.15, -0.1) is 0 Å². The molecular weight excluding hydrogens is 330 g/mol. The molecule has 0 bridgehead atoms. The van der Waals surface area contributed by atoms with E-state index in [1.807, 2.05) is 24.3 Å². The van der Waals surface area contributed by atoms with Gasteiger partial charge in [-0.2, -0.15) is 0 Å². The highest BCUT2D eigenvalue weighted by molar-refractivity contribution is 6.30. The molecule has 24 heavy (non-hydrogen) atoms. The molecule has 3 rings (SSSR count). The summed E-state index contributed by atoms with van der Waals surface area (Å²) in [6.45, 7) is -0.00872. The van der Waals surface area contributed by atoms with Crippen LogP contribution in [0.2, 0.25) is 5.02 Å². The molecule has 2 aromatic carbocycles. The summed E-state index contributed by atoms with van der Waals surface area (Å²) in [5, 5.41) is 12.0. The van der Waals surface area contributed by atoms with Crippen LogP contribution in [-0.4, -0.2) is 29.4 Å². The first-order chi connectivity index (χ1) is 11.5. The largest absolute Gasteiger partial charge is 0.548 e. The van der Waals surface area contributed by atoms with Gasteiger partial charge >= 0.3 is 0 Å². The molecule has 1 aliphatic rings. The summed E-state index contributed by atoms with van der Waals surface area (Å²) in [4.78, 5) is 25.2. The number of hydrogen-bond donors (Lipinski definition) is 0. The Morgan fingerprint density at radius 3 is 2.46 bits per heavy atom. The van der Waals surface area contributed by atoms with Gasteiger partial charge in [0.15, 0.2) is 6.61 Å². The van der Waals surface area contributed by atoms with Gasteiger partial charge in [-0.3, -0.25) is 4.79 Å². The molecule has 0 N–H and O–H groups in total. The average molecular weight is 345 g/mol. The third kappa shape index (κ3) is 3.51. The number of fused-ring (bicyclic) bond motifs is 1. The predicted molar refractivity (Wildman–Crippen MR) is 86.4 cm³/mol. The Morgan fingerprint density at radius 2 is 1.79 bits per heavy atom. The highest BCUT2D eigenvalue weighted by Gasteiger charge is 2.30. The van der Waals surface area contributed by atoms with E-state index >= 15 is 0 Å². The molecule has 0 aliphatic carbocycles. The van der Waals surface area contributed by atoms with Crippen molar-refractivity contribution < 1.29 is 19.4 Å². The molecule has 1 aliphatic heterocycles. The molecular formula is C18H15ClNO4-. The minimum absolute atomic E-state index is 0.234. The van der Waals surface area contributed by atoms with E-state index in [0.29, 0.717) is 10.8 Å². The number of carboxylic acid groups (broad SMARTS) is 1. The lowest BCUT2D eigenvalue weighted by atomic mass is 9.94. The number of benzene rings is 2. The van der Waals surface area contributed by atoms with Crippen LogP contribution >= 0.6 is 11.6 Å². The summed E-state index contributed by atoms with van der Waals surface area (Å²) in [6.07, 6.45) is 0.241. The Hall–Kier alpha value is -2.53. The zero-order valence-electron chi connectivity index (χ0n) is 12.8. The van der Waals surface area contributed by atoms with Gasteiger partial charge in [-0.25, -0.2) is 0 Å². The summed E-state index contributed by atoms with van der Waals surface area (Å²) < 4.78 is 5.43. The highest BCUT2D eigenvalue weighted by atomic mass is 35.5. The number of ether oxygens (including phenoxy) is 1. The van der Waals surface area contributed by atoms with Crippen LogP contribution in [0.15, 0.2) is 48.5 Å². The molecule has 1 amide bonds. The number of carbonyl (C=O) groups excluding carboxylic acids is 2. The first kappa shape index (κ1) is 16.3. The Morgan fingerprint density at radius 1 is 1.12 bits per heavy atom. The van der Waals surface area contributed by atoms with Gasteiger partial charge in [-0.05, 0) is 41.8 Å². The van der Waals surface area contributed by atoms with Crippen LogP contribution in [0.4, 0.5) is 0 Å². The lowest BCUT2D eigenvalue weighted by Gasteiger charge is -2.37. The van der Waals surface area contributed by atoms with E-state index in [1.165, 1.54) is 4.90 Å². The summed E-state index contributed by atoms with van der Waals surface area (Å²) in [5.41, 5.74) is 1.87. The molecule has 124 valence electrons. The van der Waals surface area contributed by atoms with Crippen molar-refractivity contribution in [2.75, 3.05) is 6.61 Å². The van der Waals surface area contributed by atoms with Gasteiger partial charge in [0.1, 0.15) is 5.75 Å². The number of carbonyl (C=O) groups is 2. The van der Waals surface area contributed by atoms with Crippen LogP contribution in [0, 0.1) is 0 Å². The fourth-order valence-electron chi connectivity index (χ4n) is 2.75. The van der Waals surface area contributed by atoms with Crippen molar-refractivity contribution in [3.63, 3.8) is 0 Å². The van der Waals surface area contributed by atoms with Gasteiger partial charge in [-0.1, -0.05) is 35.9 Å². The lowest BCUT2D eigenvalue weighted by molar-refractivity contribution is -0.311. The summed E-state index contributed by atoms with van der Waals surface area (Å²) in [6, 6.07) is 13.1. The Balaban J connectivity index is 1.72. The lowest BCUT2D eigenvalue weighted by Crippen LogP contribution is -2.54. The van der Waals surface area contributed by atoms with Crippen LogP contribution in [0.25, 0.3) is 0 Å². The minimum Gasteiger partial charge on any atom is -0.548 e. The zero-order valence-corrected chi connectivity index (χ0v) is 13.5. The van der Waals surface area contributed by atoms with Gasteiger partial charge in [0, 0.05) is 11.6 Å². The predicted octanol–water partition coefficient (Wildman–Crippen LogP) is 1.42. The van der Waals surface area contributed by atoms with Crippen molar-refractivity contribution in [1.82, 2.24) is 4.90 Å². The molecule has 0 unspecified atom stereocenters. The maximum atomic E-state index is 12.4. The second kappa shape index (κ2) is 6.93. The number of hydrogen-bond acceptors (Lipinski definition) is 4. The first-order valence-electron chi connectivity index (χ1n) is 7.50. The standard InChI is InChI=1S/C18H16ClNO4/c19-14-5-7-15(8-6-14)24-11-17(21)20-10-13-4-2-1-3-12(13)9-16(20)18(22)23/h1-8,16H,9-11H2,(H,22,23)/p-1/t16-/m0/s1. The van der Waals surface area contributed by atoms with Crippen molar-refractivity contribution in [3.05, 3.63) is 64.7 Å². The van der Waals surface area contributed by atoms with Gasteiger partial charge in [0.25, 0.3) is 5.91 Å². The quantitative estimate of drug-likeness (QED) is 0.841. The first-order valence-corrected chi connectivity index (χ1v) is 7.88. The van der Waals surface area contributed by atoms with Crippen molar-refractivity contribution in [2.24, 2.45) is 0 Å². The molecule has 1 heterocycles. The second-order valence-corrected chi connectivity index (χ2v) is 6.01. The number of halogens is 1. The maximum Gasteiger partial charge on any atom is 0.261 e. The molecule has 2 aromatic rings. The molecule has 0 saturated carbocycles. The minimum atomic E-state index is -1.26. The van der Waals surface area contributed by atoms with Gasteiger partial charge in [0.05, 0.1) is 12.0 Å². The Kier molecular flexibility index (Phi) is 4.71. The fraction of sp³-hybridized carbons (Fsp3) is 0.222. The maximum absolute atomic E-state index is 12.4. The number of aliphatic carboxylic acids is 1. The van der Waals surface area contributed by atoms with Gasteiger partial charge in [0.2, 0.25) is 0 Å². The van der Waals surface area contributed by atoms with Crippen molar-refractivity contribution in [2.45, 2.75) is 19.0 Å². The van der Waals surface area contributed by atoms with Crippen LogP contribution in [0.5, 0.6) is 5.75 Å². The normalized spacial score (nSPS) is 16.4. The Labute approximate surface area is 144 Å². The Bertz CT molecular complexity index is 760. The molecule has 0 aromatic heterocycles. The van der Waals surface area contributed by atoms with E-state index in [1.54, 1.807) is 24.3 Å². The average Bonchev–Trinajstić information content (AvgIpc) is 2.59. The smallest absolute Gasteiger partial charge is 0.261 e. The van der Waals surface area contributed by atoms with E-state index in [0.717, 1.165) is 11.1 Å².